The van der Waals surface area contributed by atoms with Crippen molar-refractivity contribution in [1.82, 2.24) is 4.90 Å². The predicted octanol–water partition coefficient (Wildman–Crippen LogP) is -0.159. The Morgan fingerprint density at radius 2 is 1.93 bits per heavy atom. The standard InChI is InChI=1S/C10H20N2O2S/c1-7-3-8(2)12(4-7)10-6-15(13,14)5-9(10)11/h7-10H,3-6,11H2,1-2H3. The van der Waals surface area contributed by atoms with E-state index in [1.54, 1.807) is 0 Å². The van der Waals surface area contributed by atoms with E-state index in [4.69, 9.17) is 5.73 Å². The molecule has 0 saturated carbocycles. The first-order valence-corrected chi connectivity index (χ1v) is 7.43. The Balaban J connectivity index is 2.12. The van der Waals surface area contributed by atoms with Crippen LogP contribution in [0.2, 0.25) is 0 Å². The highest BCUT2D eigenvalue weighted by molar-refractivity contribution is 7.91. The number of nitrogens with zero attached hydrogens (tertiary/aromatic N) is 1. The molecule has 2 aliphatic heterocycles. The first-order chi connectivity index (χ1) is 6.89. The summed E-state index contributed by atoms with van der Waals surface area (Å²) in [6.45, 7) is 5.38. The highest BCUT2D eigenvalue weighted by Gasteiger charge is 2.42. The van der Waals surface area contributed by atoms with Gasteiger partial charge in [0.15, 0.2) is 9.84 Å². The number of sulfone groups is 1. The van der Waals surface area contributed by atoms with Crippen molar-refractivity contribution in [3.8, 4) is 0 Å². The second-order valence-corrected chi connectivity index (χ2v) is 7.35. The minimum atomic E-state index is -2.89. The van der Waals surface area contributed by atoms with Crippen LogP contribution < -0.4 is 5.73 Å². The van der Waals surface area contributed by atoms with Crippen LogP contribution in [0.3, 0.4) is 0 Å². The Morgan fingerprint density at radius 1 is 1.27 bits per heavy atom. The monoisotopic (exact) mass is 232 g/mol. The largest absolute Gasteiger partial charge is 0.325 e. The Hall–Kier alpha value is -0.130. The molecule has 5 heteroatoms. The lowest BCUT2D eigenvalue weighted by Gasteiger charge is -2.30. The molecule has 2 N–H and O–H groups in total. The minimum Gasteiger partial charge on any atom is -0.325 e. The van der Waals surface area contributed by atoms with Crippen molar-refractivity contribution in [3.63, 3.8) is 0 Å². The summed E-state index contributed by atoms with van der Waals surface area (Å²) in [5.41, 5.74) is 5.92. The molecule has 15 heavy (non-hydrogen) atoms. The third-order valence-corrected chi connectivity index (χ3v) is 5.37. The second-order valence-electron chi connectivity index (χ2n) is 5.19. The van der Waals surface area contributed by atoms with Gasteiger partial charge in [-0.05, 0) is 19.3 Å². The van der Waals surface area contributed by atoms with Gasteiger partial charge in [-0.25, -0.2) is 8.42 Å². The Bertz CT molecular complexity index is 341. The topological polar surface area (TPSA) is 63.4 Å². The van der Waals surface area contributed by atoms with Crippen LogP contribution in [-0.4, -0.2) is 49.5 Å². The van der Waals surface area contributed by atoms with E-state index in [1.165, 1.54) is 0 Å². The van der Waals surface area contributed by atoms with Gasteiger partial charge < -0.3 is 5.73 Å². The molecule has 4 atom stereocenters. The van der Waals surface area contributed by atoms with E-state index in [-0.39, 0.29) is 23.6 Å². The lowest BCUT2D eigenvalue weighted by atomic mass is 10.1. The van der Waals surface area contributed by atoms with Crippen LogP contribution in [0.5, 0.6) is 0 Å². The fraction of sp³-hybridized carbons (Fsp3) is 1.00. The zero-order valence-corrected chi connectivity index (χ0v) is 10.2. The van der Waals surface area contributed by atoms with E-state index in [2.05, 4.69) is 18.7 Å². The summed E-state index contributed by atoms with van der Waals surface area (Å²) in [7, 11) is -2.89. The molecule has 4 unspecified atom stereocenters. The molecule has 2 aliphatic rings. The summed E-state index contributed by atoms with van der Waals surface area (Å²) in [5.74, 6) is 1.08. The van der Waals surface area contributed by atoms with Gasteiger partial charge in [0, 0.05) is 24.7 Å². The molecule has 0 aromatic heterocycles. The number of rotatable bonds is 1. The van der Waals surface area contributed by atoms with E-state index in [0.717, 1.165) is 13.0 Å². The van der Waals surface area contributed by atoms with Crippen LogP contribution in [0, 0.1) is 5.92 Å². The van der Waals surface area contributed by atoms with Crippen LogP contribution >= 0.6 is 0 Å². The van der Waals surface area contributed by atoms with Crippen molar-refractivity contribution < 1.29 is 8.42 Å². The van der Waals surface area contributed by atoms with Gasteiger partial charge in [0.1, 0.15) is 0 Å². The second kappa shape index (κ2) is 3.71. The van der Waals surface area contributed by atoms with E-state index in [9.17, 15) is 8.42 Å². The Kier molecular flexibility index (Phi) is 2.81. The molecular weight excluding hydrogens is 212 g/mol. The van der Waals surface area contributed by atoms with Gasteiger partial charge in [0.2, 0.25) is 0 Å². The molecule has 4 nitrogen and oxygen atoms in total. The molecule has 2 heterocycles. The molecule has 0 spiro atoms. The summed E-state index contributed by atoms with van der Waals surface area (Å²) in [6, 6.07) is 0.335. The van der Waals surface area contributed by atoms with Crippen LogP contribution in [0.25, 0.3) is 0 Å². The maximum Gasteiger partial charge on any atom is 0.153 e. The quantitative estimate of drug-likeness (QED) is 0.682. The lowest BCUT2D eigenvalue weighted by molar-refractivity contribution is 0.189. The van der Waals surface area contributed by atoms with Crippen molar-refractivity contribution in [2.24, 2.45) is 11.7 Å². The van der Waals surface area contributed by atoms with Gasteiger partial charge in [-0.2, -0.15) is 0 Å². The summed E-state index contributed by atoms with van der Waals surface area (Å²) < 4.78 is 23.0. The van der Waals surface area contributed by atoms with Crippen molar-refractivity contribution in [2.75, 3.05) is 18.1 Å². The van der Waals surface area contributed by atoms with Crippen molar-refractivity contribution >= 4 is 9.84 Å². The van der Waals surface area contributed by atoms with E-state index < -0.39 is 9.84 Å². The number of nitrogens with two attached hydrogens (primary N) is 1. The van der Waals surface area contributed by atoms with E-state index in [0.29, 0.717) is 12.0 Å². The first-order valence-electron chi connectivity index (χ1n) is 5.61. The van der Waals surface area contributed by atoms with Crippen LogP contribution in [0.4, 0.5) is 0 Å². The maximum absolute atomic E-state index is 11.5. The Labute approximate surface area is 91.7 Å². The molecule has 0 aliphatic carbocycles. The van der Waals surface area contributed by atoms with Gasteiger partial charge in [0.25, 0.3) is 0 Å². The lowest BCUT2D eigenvalue weighted by Crippen LogP contribution is -2.48. The summed E-state index contributed by atoms with van der Waals surface area (Å²) in [5, 5.41) is 0. The van der Waals surface area contributed by atoms with E-state index in [1.807, 2.05) is 0 Å². The molecule has 0 bridgehead atoms. The number of hydrogen-bond acceptors (Lipinski definition) is 4. The molecule has 2 fully saturated rings. The molecule has 0 aromatic rings. The smallest absolute Gasteiger partial charge is 0.153 e. The third-order valence-electron chi connectivity index (χ3n) is 3.62. The number of likely N-dealkylation sites (tertiary alicyclic amines) is 1. The molecule has 0 radical (unpaired) electrons. The van der Waals surface area contributed by atoms with Crippen LogP contribution in [0.1, 0.15) is 20.3 Å². The average molecular weight is 232 g/mol. The molecule has 2 saturated heterocycles. The summed E-state index contributed by atoms with van der Waals surface area (Å²) >= 11 is 0. The normalized spacial score (nSPS) is 46.1. The maximum atomic E-state index is 11.5. The Morgan fingerprint density at radius 3 is 2.33 bits per heavy atom. The van der Waals surface area contributed by atoms with Crippen molar-refractivity contribution in [3.05, 3.63) is 0 Å². The fourth-order valence-corrected chi connectivity index (χ4v) is 4.90. The third kappa shape index (κ3) is 2.19. The average Bonchev–Trinajstić information content (AvgIpc) is 2.52. The first kappa shape index (κ1) is 11.4. The van der Waals surface area contributed by atoms with Gasteiger partial charge in [-0.3, -0.25) is 4.90 Å². The van der Waals surface area contributed by atoms with Crippen LogP contribution in [0.15, 0.2) is 0 Å². The highest BCUT2D eigenvalue weighted by atomic mass is 32.2. The zero-order chi connectivity index (χ0) is 11.2. The summed E-state index contributed by atoms with van der Waals surface area (Å²) in [4.78, 5) is 2.29. The molecule has 2 rings (SSSR count). The minimum absolute atomic E-state index is 0.0509. The van der Waals surface area contributed by atoms with Crippen LogP contribution in [-0.2, 0) is 9.84 Å². The fourth-order valence-electron chi connectivity index (χ4n) is 2.99. The molecular formula is C10H20N2O2S. The van der Waals surface area contributed by atoms with Crippen molar-refractivity contribution in [1.29, 1.82) is 0 Å². The highest BCUT2D eigenvalue weighted by Crippen LogP contribution is 2.28. The predicted molar refractivity (Wildman–Crippen MR) is 60.4 cm³/mol. The van der Waals surface area contributed by atoms with Gasteiger partial charge in [-0.15, -0.1) is 0 Å². The SMILES string of the molecule is CC1CC(C)N(C2CS(=O)(=O)CC2N)C1. The number of hydrogen-bond donors (Lipinski definition) is 1. The molecule has 0 aromatic carbocycles. The van der Waals surface area contributed by atoms with Gasteiger partial charge >= 0.3 is 0 Å². The molecule has 0 amide bonds. The summed E-state index contributed by atoms with van der Waals surface area (Å²) in [6.07, 6.45) is 1.16. The van der Waals surface area contributed by atoms with Gasteiger partial charge in [0.05, 0.1) is 11.5 Å². The molecule has 88 valence electrons. The zero-order valence-electron chi connectivity index (χ0n) is 9.39. The van der Waals surface area contributed by atoms with Gasteiger partial charge in [-0.1, -0.05) is 6.92 Å². The van der Waals surface area contributed by atoms with E-state index >= 15 is 0 Å². The van der Waals surface area contributed by atoms with Crippen molar-refractivity contribution in [2.45, 2.75) is 38.4 Å².